The average Bonchev–Trinajstić information content (AvgIpc) is 2.71. The molecule has 0 saturated carbocycles. The van der Waals surface area contributed by atoms with E-state index in [2.05, 4.69) is 10.1 Å². The van der Waals surface area contributed by atoms with Gasteiger partial charge in [-0.15, -0.1) is 0 Å². The Hall–Kier alpha value is -1.62. The molecule has 2 aromatic rings. The highest BCUT2D eigenvalue weighted by atomic mass is 16.5. The van der Waals surface area contributed by atoms with Crippen molar-refractivity contribution in [3.05, 3.63) is 24.2 Å². The third kappa shape index (κ3) is 1.33. The zero-order valence-corrected chi connectivity index (χ0v) is 7.27. The van der Waals surface area contributed by atoms with E-state index in [1.165, 1.54) is 0 Å². The second-order valence-corrected chi connectivity index (χ2v) is 2.72. The summed E-state index contributed by atoms with van der Waals surface area (Å²) in [6, 6.07) is 3.83. The fourth-order valence-corrected chi connectivity index (χ4v) is 1.12. The Labute approximate surface area is 75.2 Å². The summed E-state index contributed by atoms with van der Waals surface area (Å²) in [5, 5.41) is 3.71. The summed E-state index contributed by atoms with van der Waals surface area (Å²) in [7, 11) is 1.92. The second-order valence-electron chi connectivity index (χ2n) is 2.72. The predicted octanol–water partition coefficient (Wildman–Crippen LogP) is 0.534. The van der Waals surface area contributed by atoms with Crippen molar-refractivity contribution in [2.75, 3.05) is 0 Å². The van der Waals surface area contributed by atoms with Crippen molar-refractivity contribution in [1.82, 2.24) is 14.7 Å². The second kappa shape index (κ2) is 3.02. The molecule has 0 amide bonds. The molecule has 0 aromatic carbocycles. The van der Waals surface area contributed by atoms with E-state index in [1.54, 1.807) is 0 Å². The van der Waals surface area contributed by atoms with Gasteiger partial charge in [0.05, 0.1) is 6.54 Å². The van der Waals surface area contributed by atoms with Crippen LogP contribution in [0.1, 0.15) is 5.82 Å². The molecule has 2 heterocycles. The first-order chi connectivity index (χ1) is 6.31. The molecule has 0 aliphatic rings. The topological polar surface area (TPSA) is 69.9 Å². The summed E-state index contributed by atoms with van der Waals surface area (Å²) >= 11 is 0. The fourth-order valence-electron chi connectivity index (χ4n) is 1.12. The molecule has 0 bridgehead atoms. The van der Waals surface area contributed by atoms with Crippen LogP contribution in [-0.4, -0.2) is 14.7 Å². The summed E-state index contributed by atoms with van der Waals surface area (Å²) in [5.74, 6) is 1.03. The van der Waals surface area contributed by atoms with Gasteiger partial charge in [-0.05, 0) is 12.1 Å². The number of aromatic nitrogens is 3. The standard InChI is InChI=1S/C8H10N4O/c1-12-4-2-3-6(12)8-10-7(5-9)11-13-8/h2-4H,5,9H2,1H3. The zero-order valence-electron chi connectivity index (χ0n) is 7.27. The van der Waals surface area contributed by atoms with Gasteiger partial charge in [0, 0.05) is 13.2 Å². The van der Waals surface area contributed by atoms with Gasteiger partial charge < -0.3 is 14.8 Å². The van der Waals surface area contributed by atoms with Crippen LogP contribution >= 0.6 is 0 Å². The Morgan fingerprint density at radius 2 is 2.46 bits per heavy atom. The van der Waals surface area contributed by atoms with Crippen LogP contribution in [0, 0.1) is 0 Å². The van der Waals surface area contributed by atoms with Gasteiger partial charge in [0.25, 0.3) is 5.89 Å². The molecule has 0 spiro atoms. The lowest BCUT2D eigenvalue weighted by atomic mass is 10.4. The van der Waals surface area contributed by atoms with E-state index < -0.39 is 0 Å². The number of nitrogens with zero attached hydrogens (tertiary/aromatic N) is 3. The van der Waals surface area contributed by atoms with E-state index >= 15 is 0 Å². The molecular weight excluding hydrogens is 168 g/mol. The van der Waals surface area contributed by atoms with E-state index in [9.17, 15) is 0 Å². The van der Waals surface area contributed by atoms with E-state index in [-0.39, 0.29) is 0 Å². The number of hydrogen-bond acceptors (Lipinski definition) is 4. The first-order valence-electron chi connectivity index (χ1n) is 3.95. The number of nitrogens with two attached hydrogens (primary N) is 1. The van der Waals surface area contributed by atoms with Crippen LogP contribution in [0.15, 0.2) is 22.9 Å². The first kappa shape index (κ1) is 8.00. The molecule has 5 nitrogen and oxygen atoms in total. The van der Waals surface area contributed by atoms with E-state index in [0.29, 0.717) is 18.3 Å². The monoisotopic (exact) mass is 178 g/mol. The van der Waals surface area contributed by atoms with Gasteiger partial charge in [0.1, 0.15) is 5.69 Å². The molecule has 0 saturated heterocycles. The van der Waals surface area contributed by atoms with Gasteiger partial charge in [-0.2, -0.15) is 4.98 Å². The third-order valence-electron chi connectivity index (χ3n) is 1.81. The minimum atomic E-state index is 0.300. The lowest BCUT2D eigenvalue weighted by Crippen LogP contribution is -1.98. The third-order valence-corrected chi connectivity index (χ3v) is 1.81. The van der Waals surface area contributed by atoms with Gasteiger partial charge in [-0.1, -0.05) is 5.16 Å². The van der Waals surface area contributed by atoms with Crippen LogP contribution in [0.2, 0.25) is 0 Å². The lowest BCUT2D eigenvalue weighted by Gasteiger charge is -1.94. The van der Waals surface area contributed by atoms with Crippen LogP contribution in [0.4, 0.5) is 0 Å². The normalized spacial score (nSPS) is 10.6. The Bertz CT molecular complexity index is 404. The predicted molar refractivity (Wildman–Crippen MR) is 46.6 cm³/mol. The summed E-state index contributed by atoms with van der Waals surface area (Å²) in [6.07, 6.45) is 1.92. The van der Waals surface area contributed by atoms with Gasteiger partial charge in [-0.3, -0.25) is 0 Å². The minimum Gasteiger partial charge on any atom is -0.347 e. The molecule has 0 unspecified atom stereocenters. The molecule has 2 rings (SSSR count). The fraction of sp³-hybridized carbons (Fsp3) is 0.250. The van der Waals surface area contributed by atoms with Gasteiger partial charge in [0.2, 0.25) is 0 Å². The van der Waals surface area contributed by atoms with Crippen molar-refractivity contribution in [1.29, 1.82) is 0 Å². The van der Waals surface area contributed by atoms with Gasteiger partial charge >= 0.3 is 0 Å². The highest BCUT2D eigenvalue weighted by Gasteiger charge is 2.09. The number of rotatable bonds is 2. The highest BCUT2D eigenvalue weighted by Crippen LogP contribution is 2.16. The molecule has 0 aliphatic carbocycles. The maximum atomic E-state index is 5.36. The first-order valence-corrected chi connectivity index (χ1v) is 3.95. The SMILES string of the molecule is Cn1cccc1-c1nc(CN)no1. The Balaban J connectivity index is 2.41. The molecule has 0 fully saturated rings. The number of hydrogen-bond donors (Lipinski definition) is 1. The summed E-state index contributed by atoms with van der Waals surface area (Å²) in [6.45, 7) is 0.300. The highest BCUT2D eigenvalue weighted by molar-refractivity contribution is 5.47. The molecule has 13 heavy (non-hydrogen) atoms. The maximum Gasteiger partial charge on any atom is 0.274 e. The van der Waals surface area contributed by atoms with Crippen molar-refractivity contribution in [3.8, 4) is 11.6 Å². The van der Waals surface area contributed by atoms with Crippen LogP contribution in [-0.2, 0) is 13.6 Å². The Morgan fingerprint density at radius 1 is 1.62 bits per heavy atom. The largest absolute Gasteiger partial charge is 0.347 e. The maximum absolute atomic E-state index is 5.36. The molecule has 0 radical (unpaired) electrons. The van der Waals surface area contributed by atoms with Gasteiger partial charge in [0.15, 0.2) is 5.82 Å². The summed E-state index contributed by atoms with van der Waals surface area (Å²) < 4.78 is 6.93. The molecule has 0 aliphatic heterocycles. The molecule has 2 N–H and O–H groups in total. The van der Waals surface area contributed by atoms with Crippen LogP contribution < -0.4 is 5.73 Å². The van der Waals surface area contributed by atoms with Crippen molar-refractivity contribution in [2.24, 2.45) is 12.8 Å². The quantitative estimate of drug-likeness (QED) is 0.728. The summed E-state index contributed by atoms with van der Waals surface area (Å²) in [5.41, 5.74) is 6.26. The van der Waals surface area contributed by atoms with Crippen LogP contribution in [0.25, 0.3) is 11.6 Å². The average molecular weight is 178 g/mol. The molecule has 2 aromatic heterocycles. The van der Waals surface area contributed by atoms with Crippen molar-refractivity contribution < 1.29 is 4.52 Å². The van der Waals surface area contributed by atoms with Crippen LogP contribution in [0.3, 0.4) is 0 Å². The van der Waals surface area contributed by atoms with E-state index in [1.807, 2.05) is 29.9 Å². The van der Waals surface area contributed by atoms with Crippen molar-refractivity contribution in [2.45, 2.75) is 6.54 Å². The van der Waals surface area contributed by atoms with E-state index in [0.717, 1.165) is 5.69 Å². The van der Waals surface area contributed by atoms with E-state index in [4.69, 9.17) is 10.3 Å². The molecule has 5 heteroatoms. The molecule has 68 valence electrons. The zero-order chi connectivity index (χ0) is 9.26. The number of aryl methyl sites for hydroxylation is 1. The van der Waals surface area contributed by atoms with Crippen LogP contribution in [0.5, 0.6) is 0 Å². The lowest BCUT2D eigenvalue weighted by molar-refractivity contribution is 0.420. The molecular formula is C8H10N4O. The van der Waals surface area contributed by atoms with Crippen molar-refractivity contribution in [3.63, 3.8) is 0 Å². The van der Waals surface area contributed by atoms with Gasteiger partial charge in [-0.25, -0.2) is 0 Å². The van der Waals surface area contributed by atoms with Crippen molar-refractivity contribution >= 4 is 0 Å². The summed E-state index contributed by atoms with van der Waals surface area (Å²) in [4.78, 5) is 4.11. The Kier molecular flexibility index (Phi) is 1.86. The molecule has 0 atom stereocenters. The smallest absolute Gasteiger partial charge is 0.274 e. The minimum absolute atomic E-state index is 0.300. The Morgan fingerprint density at radius 3 is 3.00 bits per heavy atom.